The highest BCUT2D eigenvalue weighted by molar-refractivity contribution is 6.33. The van der Waals surface area contributed by atoms with Gasteiger partial charge < -0.3 is 21.3 Å². The highest BCUT2D eigenvalue weighted by Crippen LogP contribution is 2.26. The summed E-state index contributed by atoms with van der Waals surface area (Å²) in [6.45, 7) is -0.0471. The standard InChI is InChI=1S/C9H13ClN2O2/c10-7-2-1-3-8(9(7)11)12-4-6(14)5-13/h1-3,6,12-14H,4-5,11H2. The maximum Gasteiger partial charge on any atom is 0.0942 e. The number of aliphatic hydroxyl groups is 2. The molecular formula is C9H13ClN2O2. The Morgan fingerprint density at radius 3 is 2.86 bits per heavy atom. The number of nitrogen functional groups attached to an aromatic ring is 1. The van der Waals surface area contributed by atoms with Crippen molar-refractivity contribution < 1.29 is 10.2 Å². The largest absolute Gasteiger partial charge is 0.396 e. The fraction of sp³-hybridized carbons (Fsp3) is 0.333. The Morgan fingerprint density at radius 1 is 1.50 bits per heavy atom. The van der Waals surface area contributed by atoms with E-state index < -0.39 is 6.10 Å². The van der Waals surface area contributed by atoms with Crippen molar-refractivity contribution in [2.75, 3.05) is 24.2 Å². The number of para-hydroxylation sites is 1. The summed E-state index contributed by atoms with van der Waals surface area (Å²) in [5.41, 5.74) is 6.77. The quantitative estimate of drug-likeness (QED) is 0.559. The van der Waals surface area contributed by atoms with Gasteiger partial charge in [-0.15, -0.1) is 0 Å². The summed E-state index contributed by atoms with van der Waals surface area (Å²) in [5, 5.41) is 21.0. The van der Waals surface area contributed by atoms with E-state index in [0.29, 0.717) is 16.4 Å². The minimum absolute atomic E-state index is 0.237. The fourth-order valence-electron chi connectivity index (χ4n) is 0.983. The van der Waals surface area contributed by atoms with Crippen molar-refractivity contribution in [2.24, 2.45) is 0 Å². The van der Waals surface area contributed by atoms with Crippen LogP contribution in [0.1, 0.15) is 0 Å². The van der Waals surface area contributed by atoms with Crippen molar-refractivity contribution in [3.05, 3.63) is 23.2 Å². The average Bonchev–Trinajstić information content (AvgIpc) is 2.20. The predicted molar refractivity (Wildman–Crippen MR) is 57.4 cm³/mol. The van der Waals surface area contributed by atoms with Gasteiger partial charge in [-0.2, -0.15) is 0 Å². The highest BCUT2D eigenvalue weighted by Gasteiger charge is 2.05. The van der Waals surface area contributed by atoms with Crippen LogP contribution >= 0.6 is 11.6 Å². The SMILES string of the molecule is Nc1c(Cl)cccc1NCC(O)CO. The zero-order valence-corrected chi connectivity index (χ0v) is 8.33. The molecule has 14 heavy (non-hydrogen) atoms. The molecule has 1 atom stereocenters. The van der Waals surface area contributed by atoms with E-state index in [1.165, 1.54) is 0 Å². The Hall–Kier alpha value is -0.970. The summed E-state index contributed by atoms with van der Waals surface area (Å²) in [4.78, 5) is 0. The molecule has 0 radical (unpaired) electrons. The third-order valence-electron chi connectivity index (χ3n) is 1.79. The second kappa shape index (κ2) is 5.05. The molecule has 5 heteroatoms. The third-order valence-corrected chi connectivity index (χ3v) is 2.12. The van der Waals surface area contributed by atoms with Crippen LogP contribution in [0.2, 0.25) is 5.02 Å². The molecule has 1 aromatic carbocycles. The zero-order valence-electron chi connectivity index (χ0n) is 7.57. The van der Waals surface area contributed by atoms with E-state index in [0.717, 1.165) is 0 Å². The predicted octanol–water partition coefficient (Wildman–Crippen LogP) is 0.687. The number of aliphatic hydroxyl groups excluding tert-OH is 2. The van der Waals surface area contributed by atoms with Crippen LogP contribution in [0.15, 0.2) is 18.2 Å². The summed E-state index contributed by atoms with van der Waals surface area (Å²) in [5.74, 6) is 0. The van der Waals surface area contributed by atoms with Crippen molar-refractivity contribution in [3.63, 3.8) is 0 Å². The Morgan fingerprint density at radius 2 is 2.21 bits per heavy atom. The number of rotatable bonds is 4. The topological polar surface area (TPSA) is 78.5 Å². The van der Waals surface area contributed by atoms with Gasteiger partial charge in [-0.05, 0) is 12.1 Å². The van der Waals surface area contributed by atoms with Gasteiger partial charge in [0.25, 0.3) is 0 Å². The van der Waals surface area contributed by atoms with Crippen LogP contribution in [-0.2, 0) is 0 Å². The molecule has 78 valence electrons. The van der Waals surface area contributed by atoms with Crippen molar-refractivity contribution >= 4 is 23.0 Å². The molecule has 0 spiro atoms. The van der Waals surface area contributed by atoms with Crippen LogP contribution in [0, 0.1) is 0 Å². The van der Waals surface area contributed by atoms with E-state index in [2.05, 4.69) is 5.32 Å². The number of benzene rings is 1. The first-order valence-electron chi connectivity index (χ1n) is 4.22. The van der Waals surface area contributed by atoms with E-state index in [9.17, 15) is 0 Å². The van der Waals surface area contributed by atoms with Crippen molar-refractivity contribution in [1.29, 1.82) is 0 Å². The van der Waals surface area contributed by atoms with Gasteiger partial charge in [-0.25, -0.2) is 0 Å². The Labute approximate surface area is 87.3 Å². The fourth-order valence-corrected chi connectivity index (χ4v) is 1.16. The molecule has 1 rings (SSSR count). The van der Waals surface area contributed by atoms with Gasteiger partial charge in [0.2, 0.25) is 0 Å². The molecule has 0 amide bonds. The molecular weight excluding hydrogens is 204 g/mol. The Bertz CT molecular complexity index is 307. The van der Waals surface area contributed by atoms with Crippen LogP contribution in [0.5, 0.6) is 0 Å². The zero-order chi connectivity index (χ0) is 10.6. The molecule has 0 bridgehead atoms. The lowest BCUT2D eigenvalue weighted by atomic mass is 10.2. The number of nitrogens with two attached hydrogens (primary N) is 1. The number of hydrogen-bond donors (Lipinski definition) is 4. The normalized spacial score (nSPS) is 12.5. The van der Waals surface area contributed by atoms with E-state index in [1.807, 2.05) is 0 Å². The summed E-state index contributed by atoms with van der Waals surface area (Å²) in [7, 11) is 0. The van der Waals surface area contributed by atoms with E-state index in [1.54, 1.807) is 18.2 Å². The highest BCUT2D eigenvalue weighted by atomic mass is 35.5. The van der Waals surface area contributed by atoms with Crippen LogP contribution in [0.25, 0.3) is 0 Å². The first-order chi connectivity index (χ1) is 6.65. The first-order valence-corrected chi connectivity index (χ1v) is 4.59. The van der Waals surface area contributed by atoms with Crippen LogP contribution in [0.4, 0.5) is 11.4 Å². The van der Waals surface area contributed by atoms with Crippen molar-refractivity contribution in [1.82, 2.24) is 0 Å². The third kappa shape index (κ3) is 2.77. The number of halogens is 1. The van der Waals surface area contributed by atoms with Crippen LogP contribution in [0.3, 0.4) is 0 Å². The van der Waals surface area contributed by atoms with Crippen LogP contribution < -0.4 is 11.1 Å². The van der Waals surface area contributed by atoms with E-state index in [4.69, 9.17) is 27.5 Å². The molecule has 5 N–H and O–H groups in total. The molecule has 1 aromatic rings. The summed E-state index contributed by atoms with van der Waals surface area (Å²) >= 11 is 5.79. The lowest BCUT2D eigenvalue weighted by molar-refractivity contribution is 0.105. The molecule has 0 aromatic heterocycles. The molecule has 4 nitrogen and oxygen atoms in total. The monoisotopic (exact) mass is 216 g/mol. The molecule has 0 aliphatic rings. The summed E-state index contributed by atoms with van der Waals surface area (Å²) in [6.07, 6.45) is -0.798. The smallest absolute Gasteiger partial charge is 0.0942 e. The number of hydrogen-bond acceptors (Lipinski definition) is 4. The van der Waals surface area contributed by atoms with E-state index >= 15 is 0 Å². The van der Waals surface area contributed by atoms with Gasteiger partial charge in [-0.3, -0.25) is 0 Å². The Balaban J connectivity index is 2.63. The minimum Gasteiger partial charge on any atom is -0.396 e. The molecule has 0 fully saturated rings. The second-order valence-electron chi connectivity index (χ2n) is 2.92. The van der Waals surface area contributed by atoms with E-state index in [-0.39, 0.29) is 13.2 Å². The molecule has 0 saturated heterocycles. The minimum atomic E-state index is -0.798. The number of nitrogens with one attached hydrogen (secondary N) is 1. The van der Waals surface area contributed by atoms with Gasteiger partial charge in [-0.1, -0.05) is 17.7 Å². The maximum absolute atomic E-state index is 9.09. The average molecular weight is 217 g/mol. The molecule has 1 unspecified atom stereocenters. The number of anilines is 2. The lowest BCUT2D eigenvalue weighted by Crippen LogP contribution is -2.23. The van der Waals surface area contributed by atoms with Gasteiger partial charge in [0.15, 0.2) is 0 Å². The van der Waals surface area contributed by atoms with Gasteiger partial charge in [0.1, 0.15) is 0 Å². The van der Waals surface area contributed by atoms with Crippen molar-refractivity contribution in [3.8, 4) is 0 Å². The molecule has 0 heterocycles. The Kier molecular flexibility index (Phi) is 4.00. The van der Waals surface area contributed by atoms with Gasteiger partial charge in [0, 0.05) is 6.54 Å². The molecule has 0 saturated carbocycles. The van der Waals surface area contributed by atoms with Gasteiger partial charge in [0.05, 0.1) is 29.1 Å². The lowest BCUT2D eigenvalue weighted by Gasteiger charge is -2.12. The molecule has 0 aliphatic heterocycles. The maximum atomic E-state index is 9.09. The second-order valence-corrected chi connectivity index (χ2v) is 3.33. The summed E-state index contributed by atoms with van der Waals surface area (Å²) < 4.78 is 0. The summed E-state index contributed by atoms with van der Waals surface area (Å²) in [6, 6.07) is 5.20. The van der Waals surface area contributed by atoms with Gasteiger partial charge >= 0.3 is 0 Å². The van der Waals surface area contributed by atoms with Crippen molar-refractivity contribution in [2.45, 2.75) is 6.10 Å². The first kappa shape index (κ1) is 11.1. The van der Waals surface area contributed by atoms with Crippen LogP contribution in [-0.4, -0.2) is 29.5 Å². The molecule has 0 aliphatic carbocycles.